The van der Waals surface area contributed by atoms with Crippen molar-refractivity contribution in [1.29, 1.82) is 0 Å². The number of rotatable bonds is 6. The first kappa shape index (κ1) is 15.7. The van der Waals surface area contributed by atoms with E-state index in [-0.39, 0.29) is 5.78 Å². The first-order valence-corrected chi connectivity index (χ1v) is 8.79. The van der Waals surface area contributed by atoms with Crippen LogP contribution in [-0.2, 0) is 12.8 Å². The summed E-state index contributed by atoms with van der Waals surface area (Å²) in [6, 6.07) is 12.0. The van der Waals surface area contributed by atoms with Gasteiger partial charge in [0.2, 0.25) is 0 Å². The van der Waals surface area contributed by atoms with E-state index in [4.69, 9.17) is 0 Å². The summed E-state index contributed by atoms with van der Waals surface area (Å²) in [5.41, 5.74) is 3.94. The van der Waals surface area contributed by atoms with Crippen LogP contribution in [0.15, 0.2) is 47.8 Å². The molecular weight excluding hydrogens is 306 g/mol. The molecule has 0 atom stereocenters. The fourth-order valence-corrected chi connectivity index (χ4v) is 3.34. The summed E-state index contributed by atoms with van der Waals surface area (Å²) in [5.74, 6) is 0.519. The van der Waals surface area contributed by atoms with Crippen molar-refractivity contribution in [3.8, 4) is 0 Å². The van der Waals surface area contributed by atoms with E-state index in [1.165, 1.54) is 17.3 Å². The molecule has 0 N–H and O–H groups in total. The number of carbonyl (C=O) groups excluding carboxylic acids is 1. The van der Waals surface area contributed by atoms with Crippen molar-refractivity contribution in [2.24, 2.45) is 0 Å². The predicted molar refractivity (Wildman–Crippen MR) is 93.2 cm³/mol. The van der Waals surface area contributed by atoms with Gasteiger partial charge in [0.05, 0.1) is 5.75 Å². The standard InChI is InChI=1S/C18H19N3OS/c1-3-13-8-9-14(4-2)15(11-13)16(22)12-23-18-20-19-17-7-5-6-10-21(17)18/h5-11H,3-4,12H2,1-2H3. The zero-order valence-corrected chi connectivity index (χ0v) is 14.1. The lowest BCUT2D eigenvalue weighted by molar-refractivity contribution is 0.102. The van der Waals surface area contributed by atoms with Gasteiger partial charge in [-0.2, -0.15) is 0 Å². The van der Waals surface area contributed by atoms with Gasteiger partial charge >= 0.3 is 0 Å². The number of hydrogen-bond acceptors (Lipinski definition) is 4. The van der Waals surface area contributed by atoms with E-state index in [0.29, 0.717) is 5.75 Å². The molecule has 3 aromatic rings. The van der Waals surface area contributed by atoms with E-state index in [0.717, 1.165) is 34.8 Å². The lowest BCUT2D eigenvalue weighted by Crippen LogP contribution is -2.07. The van der Waals surface area contributed by atoms with Gasteiger partial charge in [-0.1, -0.05) is 43.8 Å². The lowest BCUT2D eigenvalue weighted by atomic mass is 9.98. The van der Waals surface area contributed by atoms with Crippen LogP contribution in [0.1, 0.15) is 35.3 Å². The van der Waals surface area contributed by atoms with Crippen molar-refractivity contribution < 1.29 is 4.79 Å². The molecule has 0 unspecified atom stereocenters. The number of fused-ring (bicyclic) bond motifs is 1. The highest BCUT2D eigenvalue weighted by Crippen LogP contribution is 2.21. The molecule has 1 aromatic carbocycles. The van der Waals surface area contributed by atoms with E-state index in [9.17, 15) is 4.79 Å². The predicted octanol–water partition coefficient (Wildman–Crippen LogP) is 3.83. The molecule has 0 fully saturated rings. The molecule has 0 radical (unpaired) electrons. The summed E-state index contributed by atoms with van der Waals surface area (Å²) < 4.78 is 1.90. The number of ketones is 1. The van der Waals surface area contributed by atoms with Crippen LogP contribution in [0.3, 0.4) is 0 Å². The van der Waals surface area contributed by atoms with Gasteiger partial charge in [0, 0.05) is 11.8 Å². The Kier molecular flexibility index (Phi) is 4.76. The summed E-state index contributed by atoms with van der Waals surface area (Å²) in [6.07, 6.45) is 3.72. The van der Waals surface area contributed by atoms with Crippen LogP contribution in [-0.4, -0.2) is 26.1 Å². The zero-order chi connectivity index (χ0) is 16.2. The minimum Gasteiger partial charge on any atom is -0.293 e. The Hall–Kier alpha value is -2.14. The highest BCUT2D eigenvalue weighted by molar-refractivity contribution is 7.99. The molecular formula is C18H19N3OS. The summed E-state index contributed by atoms with van der Waals surface area (Å²) in [6.45, 7) is 4.18. The first-order valence-electron chi connectivity index (χ1n) is 7.80. The number of thioether (sulfide) groups is 1. The topological polar surface area (TPSA) is 47.3 Å². The minimum atomic E-state index is 0.148. The molecule has 0 amide bonds. The van der Waals surface area contributed by atoms with Gasteiger partial charge < -0.3 is 0 Å². The third-order valence-corrected chi connectivity index (χ3v) is 4.82. The molecule has 0 spiro atoms. The fourth-order valence-electron chi connectivity index (χ4n) is 2.54. The molecule has 2 aromatic heterocycles. The van der Waals surface area contributed by atoms with Gasteiger partial charge in [-0.05, 0) is 42.2 Å². The van der Waals surface area contributed by atoms with Crippen molar-refractivity contribution in [3.63, 3.8) is 0 Å². The maximum Gasteiger partial charge on any atom is 0.196 e. The number of nitrogens with zero attached hydrogens (tertiary/aromatic N) is 3. The highest BCUT2D eigenvalue weighted by Gasteiger charge is 2.14. The number of pyridine rings is 1. The highest BCUT2D eigenvalue weighted by atomic mass is 32.2. The first-order chi connectivity index (χ1) is 11.2. The Morgan fingerprint density at radius 3 is 2.78 bits per heavy atom. The molecule has 0 saturated heterocycles. The van der Waals surface area contributed by atoms with Crippen molar-refractivity contribution in [2.45, 2.75) is 31.8 Å². The average molecular weight is 325 g/mol. The van der Waals surface area contributed by atoms with Crippen LogP contribution in [0.4, 0.5) is 0 Å². The Morgan fingerprint density at radius 2 is 2.00 bits per heavy atom. The molecule has 0 aliphatic heterocycles. The normalized spacial score (nSPS) is 11.0. The number of hydrogen-bond donors (Lipinski definition) is 0. The smallest absolute Gasteiger partial charge is 0.196 e. The molecule has 0 aliphatic carbocycles. The zero-order valence-electron chi connectivity index (χ0n) is 13.3. The minimum absolute atomic E-state index is 0.148. The Bertz CT molecular complexity index is 841. The number of carbonyl (C=O) groups is 1. The number of aromatic nitrogens is 3. The number of aryl methyl sites for hydroxylation is 2. The largest absolute Gasteiger partial charge is 0.293 e. The van der Waals surface area contributed by atoms with Crippen LogP contribution in [0.5, 0.6) is 0 Å². The molecule has 118 valence electrons. The quantitative estimate of drug-likeness (QED) is 0.510. The number of benzene rings is 1. The average Bonchev–Trinajstić information content (AvgIpc) is 3.02. The van der Waals surface area contributed by atoms with E-state index in [1.54, 1.807) is 0 Å². The lowest BCUT2D eigenvalue weighted by Gasteiger charge is -2.08. The van der Waals surface area contributed by atoms with Crippen molar-refractivity contribution in [3.05, 3.63) is 59.3 Å². The van der Waals surface area contributed by atoms with E-state index in [2.05, 4.69) is 36.2 Å². The summed E-state index contributed by atoms with van der Waals surface area (Å²) in [5, 5.41) is 9.02. The SMILES string of the molecule is CCc1ccc(CC)c(C(=O)CSc2nnc3ccccn23)c1. The Balaban J connectivity index is 1.79. The fraction of sp³-hybridized carbons (Fsp3) is 0.278. The van der Waals surface area contributed by atoms with E-state index >= 15 is 0 Å². The molecule has 23 heavy (non-hydrogen) atoms. The third kappa shape index (κ3) is 3.29. The second-order valence-corrected chi connectivity index (χ2v) is 6.26. The maximum absolute atomic E-state index is 12.6. The van der Waals surface area contributed by atoms with Crippen LogP contribution in [0.2, 0.25) is 0 Å². The Morgan fingerprint density at radius 1 is 1.13 bits per heavy atom. The number of Topliss-reactive ketones (excluding diaryl/α,β-unsaturated/α-hetero) is 1. The second kappa shape index (κ2) is 6.96. The third-order valence-electron chi connectivity index (χ3n) is 3.88. The van der Waals surface area contributed by atoms with E-state index < -0.39 is 0 Å². The second-order valence-electron chi connectivity index (χ2n) is 5.32. The van der Waals surface area contributed by atoms with Gasteiger partial charge in [-0.25, -0.2) is 0 Å². The Labute approximate surface area is 139 Å². The molecule has 3 rings (SSSR count). The molecule has 0 bridgehead atoms. The van der Waals surface area contributed by atoms with Crippen molar-refractivity contribution >= 4 is 23.2 Å². The summed E-state index contributed by atoms with van der Waals surface area (Å²) in [4.78, 5) is 12.6. The molecule has 0 saturated carbocycles. The van der Waals surface area contributed by atoms with Gasteiger partial charge in [-0.3, -0.25) is 9.20 Å². The molecule has 5 heteroatoms. The molecule has 2 heterocycles. The van der Waals surface area contributed by atoms with Gasteiger partial charge in [0.15, 0.2) is 16.6 Å². The van der Waals surface area contributed by atoms with Crippen molar-refractivity contribution in [2.75, 3.05) is 5.75 Å². The van der Waals surface area contributed by atoms with Crippen LogP contribution in [0.25, 0.3) is 5.65 Å². The van der Waals surface area contributed by atoms with Crippen LogP contribution >= 0.6 is 11.8 Å². The summed E-state index contributed by atoms with van der Waals surface area (Å²) in [7, 11) is 0. The van der Waals surface area contributed by atoms with Crippen molar-refractivity contribution in [1.82, 2.24) is 14.6 Å². The maximum atomic E-state index is 12.6. The van der Waals surface area contributed by atoms with E-state index in [1.807, 2.05) is 34.9 Å². The summed E-state index contributed by atoms with van der Waals surface area (Å²) >= 11 is 1.43. The van der Waals surface area contributed by atoms with Gasteiger partial charge in [-0.15, -0.1) is 10.2 Å². The molecule has 0 aliphatic rings. The van der Waals surface area contributed by atoms with Crippen LogP contribution < -0.4 is 0 Å². The van der Waals surface area contributed by atoms with Gasteiger partial charge in [0.1, 0.15) is 0 Å². The van der Waals surface area contributed by atoms with Crippen LogP contribution in [0, 0.1) is 0 Å². The van der Waals surface area contributed by atoms with Gasteiger partial charge in [0.25, 0.3) is 0 Å². The molecule has 4 nitrogen and oxygen atoms in total. The monoisotopic (exact) mass is 325 g/mol.